The standard InChI is InChI=1S/C15H14O6S.Na/c1-15(2)7-11(17)14(22(18,19)20)13-10(15)5-8-3-4-9(16)6-12(8)21-13;/h3-6,16H,7H2,1-2H3,(H,18,19,20);/q;+1/p-1. The van der Waals surface area contributed by atoms with E-state index in [1.165, 1.54) is 12.1 Å². The number of aromatic hydroxyl groups is 1. The number of hydrogen-bond acceptors (Lipinski definition) is 6. The molecule has 8 heteroatoms. The van der Waals surface area contributed by atoms with Crippen LogP contribution in [0.25, 0.3) is 6.08 Å². The third-order valence-electron chi connectivity index (χ3n) is 3.79. The second kappa shape index (κ2) is 5.75. The molecule has 6 nitrogen and oxygen atoms in total. The molecular weight excluding hydrogens is 331 g/mol. The van der Waals surface area contributed by atoms with Crippen LogP contribution in [-0.4, -0.2) is 23.9 Å². The van der Waals surface area contributed by atoms with E-state index in [2.05, 4.69) is 0 Å². The first kappa shape index (κ1) is 18.2. The molecule has 0 unspecified atom stereocenters. The summed E-state index contributed by atoms with van der Waals surface area (Å²) in [5.41, 5.74) is 0.470. The second-order valence-electron chi connectivity index (χ2n) is 5.98. The molecule has 0 radical (unpaired) electrons. The van der Waals surface area contributed by atoms with E-state index in [0.29, 0.717) is 11.1 Å². The van der Waals surface area contributed by atoms with Gasteiger partial charge in [-0.15, -0.1) is 0 Å². The number of carbonyl (C=O) groups excluding carboxylic acids is 1. The van der Waals surface area contributed by atoms with Gasteiger partial charge in [-0.1, -0.05) is 13.8 Å². The Hall–Kier alpha value is -1.12. The third-order valence-corrected chi connectivity index (χ3v) is 4.71. The monoisotopic (exact) mass is 344 g/mol. The first-order valence-electron chi connectivity index (χ1n) is 6.56. The number of carbonyl (C=O) groups is 1. The maximum Gasteiger partial charge on any atom is 1.00 e. The summed E-state index contributed by atoms with van der Waals surface area (Å²) in [5.74, 6) is -0.848. The summed E-state index contributed by atoms with van der Waals surface area (Å²) in [6.07, 6.45) is 1.60. The van der Waals surface area contributed by atoms with Crippen LogP contribution in [0.5, 0.6) is 11.5 Å². The number of phenols is 1. The molecule has 23 heavy (non-hydrogen) atoms. The molecule has 0 saturated heterocycles. The maximum atomic E-state index is 12.1. The van der Waals surface area contributed by atoms with Crippen molar-refractivity contribution in [3.63, 3.8) is 0 Å². The number of hydrogen-bond donors (Lipinski definition) is 1. The van der Waals surface area contributed by atoms with Crippen LogP contribution < -0.4 is 34.3 Å². The molecule has 0 spiro atoms. The zero-order chi connectivity index (χ0) is 16.3. The van der Waals surface area contributed by atoms with Gasteiger partial charge in [0.2, 0.25) is 0 Å². The van der Waals surface area contributed by atoms with Gasteiger partial charge in [0.05, 0.1) is 0 Å². The fraction of sp³-hybridized carbons (Fsp3) is 0.267. The predicted octanol–water partition coefficient (Wildman–Crippen LogP) is -1.07. The maximum absolute atomic E-state index is 12.1. The zero-order valence-corrected chi connectivity index (χ0v) is 15.7. The Bertz CT molecular complexity index is 864. The van der Waals surface area contributed by atoms with Crippen molar-refractivity contribution in [2.24, 2.45) is 5.41 Å². The first-order chi connectivity index (χ1) is 10.1. The van der Waals surface area contributed by atoms with Gasteiger partial charge in [-0.3, -0.25) is 4.79 Å². The second-order valence-corrected chi connectivity index (χ2v) is 7.29. The normalized spacial score (nSPS) is 19.1. The Kier molecular flexibility index (Phi) is 4.56. The number of ketones is 1. The molecule has 3 rings (SSSR count). The van der Waals surface area contributed by atoms with Crippen molar-refractivity contribution in [3.8, 4) is 11.5 Å². The quantitative estimate of drug-likeness (QED) is 0.514. The van der Waals surface area contributed by atoms with Crippen molar-refractivity contribution < 1.29 is 57.2 Å². The smallest absolute Gasteiger partial charge is 0.744 e. The van der Waals surface area contributed by atoms with Crippen molar-refractivity contribution in [2.75, 3.05) is 0 Å². The molecular formula is C15H13NaO6S. The predicted molar refractivity (Wildman–Crippen MR) is 76.8 cm³/mol. The molecule has 0 atom stereocenters. The molecule has 1 aliphatic heterocycles. The summed E-state index contributed by atoms with van der Waals surface area (Å²) in [6, 6.07) is 4.39. The van der Waals surface area contributed by atoms with Gasteiger partial charge in [0.25, 0.3) is 0 Å². The summed E-state index contributed by atoms with van der Waals surface area (Å²) in [6.45, 7) is 3.55. The van der Waals surface area contributed by atoms with Crippen LogP contribution in [0.15, 0.2) is 34.4 Å². The van der Waals surface area contributed by atoms with E-state index < -0.39 is 26.2 Å². The van der Waals surface area contributed by atoms with Gasteiger partial charge in [0.15, 0.2) is 11.5 Å². The number of ether oxygens (including phenoxy) is 1. The number of rotatable bonds is 1. The Morgan fingerprint density at radius 2 is 1.96 bits per heavy atom. The molecule has 0 bridgehead atoms. The van der Waals surface area contributed by atoms with Crippen LogP contribution in [0.2, 0.25) is 0 Å². The Labute approximate surface area is 155 Å². The fourth-order valence-corrected chi connectivity index (χ4v) is 3.47. The average Bonchev–Trinajstić information content (AvgIpc) is 2.34. The van der Waals surface area contributed by atoms with Crippen molar-refractivity contribution >= 4 is 22.0 Å². The van der Waals surface area contributed by atoms with Crippen molar-refractivity contribution in [3.05, 3.63) is 40.0 Å². The summed E-state index contributed by atoms with van der Waals surface area (Å²) in [7, 11) is -4.96. The Balaban J connectivity index is 0.00000192. The fourth-order valence-electron chi connectivity index (χ4n) is 2.74. The van der Waals surface area contributed by atoms with Crippen molar-refractivity contribution in [2.45, 2.75) is 20.3 Å². The summed E-state index contributed by atoms with van der Waals surface area (Å²) in [5, 5.41) is 9.50. The summed E-state index contributed by atoms with van der Waals surface area (Å²) < 4.78 is 39.9. The average molecular weight is 344 g/mol. The number of fused-ring (bicyclic) bond motifs is 2. The van der Waals surface area contributed by atoms with E-state index in [4.69, 9.17) is 4.74 Å². The number of phenolic OH excluding ortho intramolecular Hbond substituents is 1. The van der Waals surface area contributed by atoms with E-state index in [-0.39, 0.29) is 53.2 Å². The van der Waals surface area contributed by atoms with Crippen LogP contribution in [-0.2, 0) is 14.9 Å². The molecule has 1 aromatic carbocycles. The minimum Gasteiger partial charge on any atom is -0.744 e. The van der Waals surface area contributed by atoms with Crippen molar-refractivity contribution in [1.29, 1.82) is 0 Å². The van der Waals surface area contributed by atoms with Gasteiger partial charge in [0.1, 0.15) is 26.5 Å². The third kappa shape index (κ3) is 3.12. The molecule has 1 N–H and O–H groups in total. The minimum absolute atomic E-state index is 0. The molecule has 1 aliphatic carbocycles. The topological polar surface area (TPSA) is 104 Å². The van der Waals surface area contributed by atoms with E-state index in [9.17, 15) is 22.9 Å². The molecule has 1 heterocycles. The Morgan fingerprint density at radius 3 is 2.57 bits per heavy atom. The molecule has 0 fully saturated rings. The number of allylic oxidation sites excluding steroid dienone is 2. The van der Waals surface area contributed by atoms with Gasteiger partial charge in [-0.05, 0) is 18.2 Å². The zero-order valence-electron chi connectivity index (χ0n) is 12.9. The van der Waals surface area contributed by atoms with Crippen LogP contribution in [0.1, 0.15) is 25.8 Å². The molecule has 0 aromatic heterocycles. The molecule has 116 valence electrons. The van der Waals surface area contributed by atoms with Crippen LogP contribution in [0.4, 0.5) is 0 Å². The van der Waals surface area contributed by atoms with Gasteiger partial charge in [-0.2, -0.15) is 0 Å². The number of Topliss-reactive ketones (excluding diaryl/α,β-unsaturated/α-hetero) is 1. The van der Waals surface area contributed by atoms with Crippen LogP contribution in [0, 0.1) is 5.41 Å². The van der Waals surface area contributed by atoms with E-state index in [1.54, 1.807) is 26.0 Å². The van der Waals surface area contributed by atoms with Crippen LogP contribution in [0.3, 0.4) is 0 Å². The molecule has 1 aromatic rings. The largest absolute Gasteiger partial charge is 1.00 e. The van der Waals surface area contributed by atoms with Crippen LogP contribution >= 0.6 is 0 Å². The molecule has 2 aliphatic rings. The van der Waals surface area contributed by atoms with Gasteiger partial charge < -0.3 is 14.4 Å². The van der Waals surface area contributed by atoms with E-state index in [1.807, 2.05) is 0 Å². The minimum atomic E-state index is -4.96. The molecule has 0 amide bonds. The SMILES string of the molecule is CC1(C)CC(=O)C(S(=O)(=O)[O-])=C2Oc3cc(O)ccc3C=C21.[Na+]. The first-order valence-corrected chi connectivity index (χ1v) is 7.97. The van der Waals surface area contributed by atoms with Gasteiger partial charge in [-0.25, -0.2) is 8.42 Å². The van der Waals surface area contributed by atoms with E-state index >= 15 is 0 Å². The molecule has 0 saturated carbocycles. The summed E-state index contributed by atoms with van der Waals surface area (Å²) >= 11 is 0. The van der Waals surface area contributed by atoms with Gasteiger partial charge in [0, 0.05) is 29.0 Å². The number of benzene rings is 1. The van der Waals surface area contributed by atoms with Crippen molar-refractivity contribution in [1.82, 2.24) is 0 Å². The summed E-state index contributed by atoms with van der Waals surface area (Å²) in [4.78, 5) is 11.3. The van der Waals surface area contributed by atoms with Gasteiger partial charge >= 0.3 is 29.6 Å². The van der Waals surface area contributed by atoms with E-state index in [0.717, 1.165) is 0 Å². The Morgan fingerprint density at radius 1 is 1.30 bits per heavy atom.